The van der Waals surface area contributed by atoms with E-state index in [2.05, 4.69) is 25.3 Å². The molecular weight excluding hydrogens is 280 g/mol. The van der Waals surface area contributed by atoms with E-state index in [1.165, 1.54) is 0 Å². The number of anilines is 3. The third kappa shape index (κ3) is 2.23. The Morgan fingerprint density at radius 2 is 2.48 bits per heavy atom. The van der Waals surface area contributed by atoms with E-state index in [1.807, 2.05) is 0 Å². The van der Waals surface area contributed by atoms with Gasteiger partial charge in [-0.1, -0.05) is 5.11 Å². The molecule has 3 rings (SSSR count). The molecule has 2 aliphatic heterocycles. The molecule has 11 nitrogen and oxygen atoms in total. The van der Waals surface area contributed by atoms with Gasteiger partial charge in [0.05, 0.1) is 25.4 Å². The standard InChI is InChI=1S/C10H14N8O3/c11-10-14-8-7(9(20)15-10)13-3-18(8)6-1-4(16-17-12)5(2-19)21-6/h4-6,13,19H,1-3H2,(H3,11,14,15,20). The number of aliphatic hydroxyl groups excluding tert-OH is 1. The summed E-state index contributed by atoms with van der Waals surface area (Å²) in [5.41, 5.74) is 14.1. The van der Waals surface area contributed by atoms with E-state index in [0.717, 1.165) is 0 Å². The number of nitrogen functional groups attached to an aromatic ring is 1. The quantitative estimate of drug-likeness (QED) is 0.326. The van der Waals surface area contributed by atoms with Crippen molar-refractivity contribution >= 4 is 17.5 Å². The van der Waals surface area contributed by atoms with Gasteiger partial charge in [0.1, 0.15) is 11.9 Å². The molecule has 1 aromatic heterocycles. The lowest BCUT2D eigenvalue weighted by Gasteiger charge is -2.24. The van der Waals surface area contributed by atoms with Crippen molar-refractivity contribution in [3.05, 3.63) is 20.8 Å². The fourth-order valence-corrected chi connectivity index (χ4v) is 2.58. The van der Waals surface area contributed by atoms with Gasteiger partial charge in [0, 0.05) is 11.3 Å². The third-order valence-corrected chi connectivity index (χ3v) is 3.55. The zero-order valence-corrected chi connectivity index (χ0v) is 10.9. The first-order valence-electron chi connectivity index (χ1n) is 6.35. The van der Waals surface area contributed by atoms with Crippen LogP contribution in [0.5, 0.6) is 0 Å². The monoisotopic (exact) mass is 294 g/mol. The molecule has 0 aliphatic carbocycles. The lowest BCUT2D eigenvalue weighted by molar-refractivity contribution is 0.00773. The van der Waals surface area contributed by atoms with Gasteiger partial charge in [-0.25, -0.2) is 0 Å². The fourth-order valence-electron chi connectivity index (χ4n) is 2.58. The van der Waals surface area contributed by atoms with Crippen LogP contribution in [0.1, 0.15) is 6.42 Å². The third-order valence-electron chi connectivity index (χ3n) is 3.55. The second-order valence-electron chi connectivity index (χ2n) is 4.77. The van der Waals surface area contributed by atoms with Gasteiger partial charge in [0.25, 0.3) is 5.56 Å². The van der Waals surface area contributed by atoms with E-state index in [-0.39, 0.29) is 18.1 Å². The molecule has 0 bridgehead atoms. The number of rotatable bonds is 3. The Morgan fingerprint density at radius 1 is 1.67 bits per heavy atom. The van der Waals surface area contributed by atoms with E-state index in [1.54, 1.807) is 4.90 Å². The predicted molar refractivity (Wildman–Crippen MR) is 73.5 cm³/mol. The summed E-state index contributed by atoms with van der Waals surface area (Å²) < 4.78 is 5.67. The van der Waals surface area contributed by atoms with Crippen LogP contribution in [0.15, 0.2) is 9.91 Å². The molecule has 11 heteroatoms. The number of aromatic amines is 1. The Morgan fingerprint density at radius 3 is 3.19 bits per heavy atom. The summed E-state index contributed by atoms with van der Waals surface area (Å²) in [6.07, 6.45) is -0.639. The molecule has 0 radical (unpaired) electrons. The number of nitrogens with two attached hydrogens (primary N) is 1. The molecule has 5 N–H and O–H groups in total. The zero-order chi connectivity index (χ0) is 15.0. The van der Waals surface area contributed by atoms with Crippen molar-refractivity contribution in [1.82, 2.24) is 9.97 Å². The number of hydrogen-bond acceptors (Lipinski definition) is 8. The average molecular weight is 294 g/mol. The average Bonchev–Trinajstić information content (AvgIpc) is 3.02. The Balaban J connectivity index is 1.88. The molecule has 3 unspecified atom stereocenters. The minimum atomic E-state index is -0.575. The lowest BCUT2D eigenvalue weighted by atomic mass is 10.1. The molecule has 0 saturated carbocycles. The molecule has 2 aliphatic rings. The Bertz CT molecular complexity index is 654. The van der Waals surface area contributed by atoms with E-state index in [0.29, 0.717) is 24.6 Å². The van der Waals surface area contributed by atoms with Crippen molar-refractivity contribution in [2.45, 2.75) is 24.8 Å². The number of aliphatic hydroxyl groups is 1. The Hall–Kier alpha value is -2.49. The largest absolute Gasteiger partial charge is 0.394 e. The Kier molecular flexibility index (Phi) is 3.29. The van der Waals surface area contributed by atoms with Gasteiger partial charge in [-0.3, -0.25) is 9.78 Å². The van der Waals surface area contributed by atoms with E-state index >= 15 is 0 Å². The van der Waals surface area contributed by atoms with Crippen LogP contribution < -0.4 is 21.5 Å². The molecule has 21 heavy (non-hydrogen) atoms. The number of nitrogens with zero attached hydrogens (tertiary/aromatic N) is 5. The summed E-state index contributed by atoms with van der Waals surface area (Å²) in [6, 6.07) is -0.464. The van der Waals surface area contributed by atoms with Crippen LogP contribution in [-0.2, 0) is 4.74 Å². The summed E-state index contributed by atoms with van der Waals surface area (Å²) in [6.45, 7) is 0.0694. The number of azide groups is 1. The highest BCUT2D eigenvalue weighted by molar-refractivity contribution is 5.71. The van der Waals surface area contributed by atoms with Crippen molar-refractivity contribution in [1.29, 1.82) is 0 Å². The van der Waals surface area contributed by atoms with Gasteiger partial charge in [0.2, 0.25) is 5.95 Å². The SMILES string of the molecule is [N-]=[N+]=NC1CC(N2CNc3c2nc(N)[nH]c3=O)OC1CO. The molecule has 1 fully saturated rings. The summed E-state index contributed by atoms with van der Waals surface area (Å²) in [5.74, 6) is 0.398. The maximum atomic E-state index is 11.8. The number of ether oxygens (including phenoxy) is 1. The first-order valence-corrected chi connectivity index (χ1v) is 6.35. The molecule has 112 valence electrons. The van der Waals surface area contributed by atoms with Crippen LogP contribution in [0.25, 0.3) is 10.4 Å². The Labute approximate surface area is 118 Å². The van der Waals surface area contributed by atoms with E-state index in [4.69, 9.17) is 16.0 Å². The second-order valence-corrected chi connectivity index (χ2v) is 4.77. The van der Waals surface area contributed by atoms with Gasteiger partial charge in [0.15, 0.2) is 5.82 Å². The summed E-state index contributed by atoms with van der Waals surface area (Å²) in [5, 5.41) is 15.8. The van der Waals surface area contributed by atoms with Gasteiger partial charge >= 0.3 is 0 Å². The minimum absolute atomic E-state index is 0.00995. The predicted octanol–water partition coefficient (Wildman–Crippen LogP) is -0.672. The van der Waals surface area contributed by atoms with Crippen molar-refractivity contribution in [3.8, 4) is 0 Å². The molecule has 0 aromatic carbocycles. The molecule has 0 amide bonds. The van der Waals surface area contributed by atoms with Gasteiger partial charge in [-0.2, -0.15) is 4.98 Å². The fraction of sp³-hybridized carbons (Fsp3) is 0.600. The molecular formula is C10H14N8O3. The van der Waals surface area contributed by atoms with Crippen LogP contribution in [0.4, 0.5) is 17.5 Å². The van der Waals surface area contributed by atoms with Crippen molar-refractivity contribution in [2.24, 2.45) is 5.11 Å². The molecule has 1 saturated heterocycles. The van der Waals surface area contributed by atoms with Crippen LogP contribution >= 0.6 is 0 Å². The van der Waals surface area contributed by atoms with Crippen LogP contribution in [0.2, 0.25) is 0 Å². The van der Waals surface area contributed by atoms with Gasteiger partial charge < -0.3 is 25.8 Å². The van der Waals surface area contributed by atoms with Gasteiger partial charge in [-0.15, -0.1) is 0 Å². The topological polar surface area (TPSA) is 165 Å². The van der Waals surface area contributed by atoms with Crippen molar-refractivity contribution in [2.75, 3.05) is 29.2 Å². The highest BCUT2D eigenvalue weighted by atomic mass is 16.5. The zero-order valence-electron chi connectivity index (χ0n) is 10.9. The van der Waals surface area contributed by atoms with Crippen LogP contribution in [-0.4, -0.2) is 46.7 Å². The lowest BCUT2D eigenvalue weighted by Crippen LogP contribution is -2.36. The van der Waals surface area contributed by atoms with Gasteiger partial charge in [-0.05, 0) is 5.53 Å². The second kappa shape index (κ2) is 5.13. The highest BCUT2D eigenvalue weighted by Gasteiger charge is 2.40. The first kappa shape index (κ1) is 13.5. The molecule has 0 spiro atoms. The van der Waals surface area contributed by atoms with E-state index in [9.17, 15) is 9.90 Å². The number of fused-ring (bicyclic) bond motifs is 1. The number of H-pyrrole nitrogens is 1. The summed E-state index contributed by atoms with van der Waals surface area (Å²) >= 11 is 0. The molecule has 3 atom stereocenters. The summed E-state index contributed by atoms with van der Waals surface area (Å²) in [4.78, 5) is 22.8. The minimum Gasteiger partial charge on any atom is -0.394 e. The summed E-state index contributed by atoms with van der Waals surface area (Å²) in [7, 11) is 0. The van der Waals surface area contributed by atoms with E-state index < -0.39 is 18.4 Å². The van der Waals surface area contributed by atoms with Crippen LogP contribution in [0, 0.1) is 0 Å². The number of nitrogens with one attached hydrogen (secondary N) is 2. The first-order chi connectivity index (χ1) is 10.1. The molecule has 1 aromatic rings. The maximum absolute atomic E-state index is 11.8. The molecule has 3 heterocycles. The maximum Gasteiger partial charge on any atom is 0.277 e. The van der Waals surface area contributed by atoms with Crippen molar-refractivity contribution in [3.63, 3.8) is 0 Å². The van der Waals surface area contributed by atoms with Crippen molar-refractivity contribution < 1.29 is 9.84 Å². The number of aromatic nitrogens is 2. The highest BCUT2D eigenvalue weighted by Crippen LogP contribution is 2.34. The number of hydrogen-bond donors (Lipinski definition) is 4. The smallest absolute Gasteiger partial charge is 0.277 e. The normalized spacial score (nSPS) is 27.1. The van der Waals surface area contributed by atoms with Crippen LogP contribution in [0.3, 0.4) is 0 Å².